The highest BCUT2D eigenvalue weighted by Gasteiger charge is 2.33. The molecule has 0 aliphatic heterocycles. The Hall–Kier alpha value is -2.69. The molecule has 0 bridgehead atoms. The highest BCUT2D eigenvalue weighted by molar-refractivity contribution is 5.95. The first-order valence-corrected chi connectivity index (χ1v) is 7.67. The van der Waals surface area contributed by atoms with E-state index in [1.807, 2.05) is 30.3 Å². The minimum atomic E-state index is -0.437. The zero-order valence-corrected chi connectivity index (χ0v) is 12.9. The van der Waals surface area contributed by atoms with Crippen molar-refractivity contribution in [2.45, 2.75) is 25.8 Å². The Morgan fingerprint density at radius 2 is 1.91 bits per heavy atom. The Kier molecular flexibility index (Phi) is 4.10. The molecule has 23 heavy (non-hydrogen) atoms. The number of carbonyl (C=O) groups is 1. The van der Waals surface area contributed by atoms with Crippen LogP contribution in [0.5, 0.6) is 0 Å². The fraction of sp³-hybridized carbons (Fsp3) is 0.278. The molecule has 118 valence electrons. The van der Waals surface area contributed by atoms with E-state index in [-0.39, 0.29) is 17.6 Å². The molecule has 0 saturated heterocycles. The van der Waals surface area contributed by atoms with E-state index in [9.17, 15) is 14.9 Å². The van der Waals surface area contributed by atoms with E-state index < -0.39 is 4.92 Å². The number of benzene rings is 2. The van der Waals surface area contributed by atoms with Crippen molar-refractivity contribution < 1.29 is 9.72 Å². The normalized spacial score (nSPS) is 15.0. The summed E-state index contributed by atoms with van der Waals surface area (Å²) in [5.41, 5.74) is 2.07. The molecule has 0 radical (unpaired) electrons. The number of nitro groups is 1. The van der Waals surface area contributed by atoms with Crippen LogP contribution in [0.1, 0.15) is 40.4 Å². The Morgan fingerprint density at radius 1 is 1.22 bits per heavy atom. The molecule has 5 nitrogen and oxygen atoms in total. The van der Waals surface area contributed by atoms with Crippen LogP contribution in [-0.2, 0) is 0 Å². The lowest BCUT2D eigenvalue weighted by Crippen LogP contribution is -2.29. The fourth-order valence-corrected chi connectivity index (χ4v) is 2.79. The first kappa shape index (κ1) is 15.2. The van der Waals surface area contributed by atoms with Crippen molar-refractivity contribution in [3.05, 3.63) is 75.3 Å². The summed E-state index contributed by atoms with van der Waals surface area (Å²) in [4.78, 5) is 22.9. The van der Waals surface area contributed by atoms with Gasteiger partial charge in [-0.05, 0) is 43.4 Å². The van der Waals surface area contributed by atoms with Gasteiger partial charge in [0, 0.05) is 17.2 Å². The molecule has 3 rings (SSSR count). The molecule has 1 atom stereocenters. The van der Waals surface area contributed by atoms with Crippen molar-refractivity contribution in [1.82, 2.24) is 5.32 Å². The van der Waals surface area contributed by atoms with Crippen molar-refractivity contribution in [1.29, 1.82) is 0 Å². The van der Waals surface area contributed by atoms with Gasteiger partial charge in [0.25, 0.3) is 11.6 Å². The van der Waals surface area contributed by atoms with Gasteiger partial charge in [-0.25, -0.2) is 0 Å². The molecule has 1 fully saturated rings. The maximum absolute atomic E-state index is 12.5. The van der Waals surface area contributed by atoms with Gasteiger partial charge < -0.3 is 5.32 Å². The van der Waals surface area contributed by atoms with E-state index in [0.29, 0.717) is 17.0 Å². The summed E-state index contributed by atoms with van der Waals surface area (Å²) in [6.07, 6.45) is 2.22. The second-order valence-corrected chi connectivity index (χ2v) is 5.96. The zero-order chi connectivity index (χ0) is 16.4. The molecular weight excluding hydrogens is 292 g/mol. The molecule has 0 heterocycles. The van der Waals surface area contributed by atoms with Crippen molar-refractivity contribution >= 4 is 11.6 Å². The average molecular weight is 310 g/mol. The highest BCUT2D eigenvalue weighted by atomic mass is 16.6. The van der Waals surface area contributed by atoms with E-state index in [1.165, 1.54) is 12.1 Å². The fourth-order valence-electron chi connectivity index (χ4n) is 2.79. The molecule has 0 unspecified atom stereocenters. The van der Waals surface area contributed by atoms with E-state index >= 15 is 0 Å². The number of nitrogens with zero attached hydrogens (tertiary/aromatic N) is 1. The summed E-state index contributed by atoms with van der Waals surface area (Å²) in [7, 11) is 0. The van der Waals surface area contributed by atoms with Gasteiger partial charge in [0.1, 0.15) is 0 Å². The van der Waals surface area contributed by atoms with E-state index in [4.69, 9.17) is 0 Å². The Labute approximate surface area is 134 Å². The number of carbonyl (C=O) groups excluding carboxylic acids is 1. The van der Waals surface area contributed by atoms with Gasteiger partial charge in [0.2, 0.25) is 0 Å². The maximum atomic E-state index is 12.5. The number of nitro benzene ring substituents is 1. The molecule has 1 aliphatic carbocycles. The average Bonchev–Trinajstić information content (AvgIpc) is 3.37. The smallest absolute Gasteiger partial charge is 0.272 e. The molecule has 2 aromatic rings. The highest BCUT2D eigenvalue weighted by Crippen LogP contribution is 2.41. The quantitative estimate of drug-likeness (QED) is 0.674. The summed E-state index contributed by atoms with van der Waals surface area (Å²) in [5.74, 6) is 0.282. The van der Waals surface area contributed by atoms with Crippen LogP contribution < -0.4 is 5.32 Å². The summed E-state index contributed by atoms with van der Waals surface area (Å²) in [6, 6.07) is 14.4. The third-order valence-electron chi connectivity index (χ3n) is 4.19. The van der Waals surface area contributed by atoms with Gasteiger partial charge in [-0.3, -0.25) is 14.9 Å². The SMILES string of the molecule is Cc1cc(C(=O)N[C@@H](c2ccccc2)C2CC2)ccc1[N+](=O)[O-]. The third kappa shape index (κ3) is 3.39. The molecule has 1 aliphatic rings. The number of amides is 1. The maximum Gasteiger partial charge on any atom is 0.272 e. The van der Waals surface area contributed by atoms with Crippen LogP contribution in [0.25, 0.3) is 0 Å². The lowest BCUT2D eigenvalue weighted by atomic mass is 10.0. The summed E-state index contributed by atoms with van der Waals surface area (Å²) in [5, 5.41) is 13.9. The number of aryl methyl sites for hydroxylation is 1. The predicted molar refractivity (Wildman–Crippen MR) is 87.2 cm³/mol. The minimum Gasteiger partial charge on any atom is -0.345 e. The van der Waals surface area contributed by atoms with Crippen LogP contribution in [0.15, 0.2) is 48.5 Å². The van der Waals surface area contributed by atoms with Gasteiger partial charge in [-0.1, -0.05) is 30.3 Å². The lowest BCUT2D eigenvalue weighted by molar-refractivity contribution is -0.385. The predicted octanol–water partition coefficient (Wildman–Crippen LogP) is 3.78. The number of hydrogen-bond acceptors (Lipinski definition) is 3. The first-order valence-electron chi connectivity index (χ1n) is 7.67. The molecule has 0 aromatic heterocycles. The summed E-state index contributed by atoms with van der Waals surface area (Å²) in [6.45, 7) is 1.64. The topological polar surface area (TPSA) is 72.2 Å². The lowest BCUT2D eigenvalue weighted by Gasteiger charge is -2.19. The van der Waals surface area contributed by atoms with Gasteiger partial charge in [-0.2, -0.15) is 0 Å². The molecule has 1 saturated carbocycles. The molecule has 5 heteroatoms. The number of nitrogens with one attached hydrogen (secondary N) is 1. The van der Waals surface area contributed by atoms with Crippen LogP contribution in [0, 0.1) is 23.0 Å². The summed E-state index contributed by atoms with van der Waals surface area (Å²) < 4.78 is 0. The Morgan fingerprint density at radius 3 is 2.48 bits per heavy atom. The molecule has 1 amide bonds. The van der Waals surface area contributed by atoms with Crippen LogP contribution in [0.3, 0.4) is 0 Å². The van der Waals surface area contributed by atoms with Crippen molar-refractivity contribution in [2.24, 2.45) is 5.92 Å². The van der Waals surface area contributed by atoms with Crippen molar-refractivity contribution in [3.8, 4) is 0 Å². The Balaban J connectivity index is 1.80. The largest absolute Gasteiger partial charge is 0.345 e. The van der Waals surface area contributed by atoms with Gasteiger partial charge in [0.15, 0.2) is 0 Å². The van der Waals surface area contributed by atoms with Crippen LogP contribution in [0.2, 0.25) is 0 Å². The summed E-state index contributed by atoms with van der Waals surface area (Å²) >= 11 is 0. The van der Waals surface area contributed by atoms with Crippen molar-refractivity contribution in [2.75, 3.05) is 0 Å². The monoisotopic (exact) mass is 310 g/mol. The van der Waals surface area contributed by atoms with Gasteiger partial charge >= 0.3 is 0 Å². The first-order chi connectivity index (χ1) is 11.1. The van der Waals surface area contributed by atoms with E-state index in [2.05, 4.69) is 5.32 Å². The molecule has 0 spiro atoms. The minimum absolute atomic E-state index is 0.000743. The number of hydrogen-bond donors (Lipinski definition) is 1. The second-order valence-electron chi connectivity index (χ2n) is 5.96. The van der Waals surface area contributed by atoms with Crippen LogP contribution in [-0.4, -0.2) is 10.8 Å². The van der Waals surface area contributed by atoms with Crippen molar-refractivity contribution in [3.63, 3.8) is 0 Å². The van der Waals surface area contributed by atoms with Crippen LogP contribution >= 0.6 is 0 Å². The van der Waals surface area contributed by atoms with Gasteiger partial charge in [-0.15, -0.1) is 0 Å². The standard InChI is InChI=1S/C18H18N2O3/c1-12-11-15(9-10-16(12)20(22)23)18(21)19-17(14-7-8-14)13-5-3-2-4-6-13/h2-6,9-11,14,17H,7-8H2,1H3,(H,19,21)/t17-/m0/s1. The van der Waals surface area contributed by atoms with Crippen LogP contribution in [0.4, 0.5) is 5.69 Å². The molecule has 2 aromatic carbocycles. The number of rotatable bonds is 5. The van der Waals surface area contributed by atoms with E-state index in [1.54, 1.807) is 13.0 Å². The Bertz CT molecular complexity index is 739. The van der Waals surface area contributed by atoms with Gasteiger partial charge in [0.05, 0.1) is 11.0 Å². The van der Waals surface area contributed by atoms with E-state index in [0.717, 1.165) is 18.4 Å². The molecular formula is C18H18N2O3. The zero-order valence-electron chi connectivity index (χ0n) is 12.9. The molecule has 1 N–H and O–H groups in total. The third-order valence-corrected chi connectivity index (χ3v) is 4.19. The second kappa shape index (κ2) is 6.20.